The van der Waals surface area contributed by atoms with Crippen LogP contribution in [0.2, 0.25) is 0 Å². The summed E-state index contributed by atoms with van der Waals surface area (Å²) >= 11 is 0. The Balaban J connectivity index is 1.76. The van der Waals surface area contributed by atoms with E-state index in [1.165, 1.54) is 0 Å². The van der Waals surface area contributed by atoms with E-state index in [1.54, 1.807) is 24.0 Å². The Bertz CT molecular complexity index is 485. The number of hydrogen-bond acceptors (Lipinski definition) is 3. The molecule has 1 aromatic carbocycles. The number of benzene rings is 1. The van der Waals surface area contributed by atoms with Gasteiger partial charge in [0.05, 0.1) is 6.61 Å². The first-order valence-corrected chi connectivity index (χ1v) is 7.50. The van der Waals surface area contributed by atoms with Crippen LogP contribution in [0.3, 0.4) is 0 Å². The van der Waals surface area contributed by atoms with Gasteiger partial charge in [-0.1, -0.05) is 12.1 Å². The first-order chi connectivity index (χ1) is 10.1. The molecular formula is C16H23FN2O2. The second-order valence-corrected chi connectivity index (χ2v) is 5.42. The van der Waals surface area contributed by atoms with Crippen LogP contribution in [0.5, 0.6) is 0 Å². The van der Waals surface area contributed by atoms with Gasteiger partial charge >= 0.3 is 6.09 Å². The topological polar surface area (TPSA) is 41.6 Å². The summed E-state index contributed by atoms with van der Waals surface area (Å²) in [5.74, 6) is -0.161. The number of nitrogens with zero attached hydrogens (tertiary/aromatic N) is 1. The molecule has 0 radical (unpaired) electrons. The number of likely N-dealkylation sites (tertiary alicyclic amines) is 1. The van der Waals surface area contributed by atoms with Crippen LogP contribution < -0.4 is 5.32 Å². The Morgan fingerprint density at radius 1 is 1.43 bits per heavy atom. The van der Waals surface area contributed by atoms with E-state index in [9.17, 15) is 9.18 Å². The molecular weight excluding hydrogens is 271 g/mol. The Labute approximate surface area is 125 Å². The third-order valence-corrected chi connectivity index (χ3v) is 3.85. The molecule has 116 valence electrons. The molecule has 0 spiro atoms. The van der Waals surface area contributed by atoms with Gasteiger partial charge in [-0.15, -0.1) is 0 Å². The molecule has 1 heterocycles. The number of nitrogens with one attached hydrogen (secondary N) is 1. The van der Waals surface area contributed by atoms with Gasteiger partial charge < -0.3 is 15.0 Å². The van der Waals surface area contributed by atoms with Gasteiger partial charge in [0.15, 0.2) is 0 Å². The lowest BCUT2D eigenvalue weighted by Gasteiger charge is -2.31. The molecule has 0 unspecified atom stereocenters. The molecule has 0 atom stereocenters. The maximum absolute atomic E-state index is 13.5. The fourth-order valence-electron chi connectivity index (χ4n) is 2.49. The molecule has 1 N–H and O–H groups in total. The molecule has 21 heavy (non-hydrogen) atoms. The zero-order chi connectivity index (χ0) is 15.2. The second-order valence-electron chi connectivity index (χ2n) is 5.42. The molecule has 1 aromatic rings. The van der Waals surface area contributed by atoms with Gasteiger partial charge in [-0.2, -0.15) is 0 Å². The zero-order valence-corrected chi connectivity index (χ0v) is 12.7. The Morgan fingerprint density at radius 2 is 2.14 bits per heavy atom. The summed E-state index contributed by atoms with van der Waals surface area (Å²) in [6, 6.07) is 5.69. The maximum atomic E-state index is 13.5. The summed E-state index contributed by atoms with van der Waals surface area (Å²) in [5.41, 5.74) is 1.62. The summed E-state index contributed by atoms with van der Waals surface area (Å²) in [5, 5.41) is 3.43. The van der Waals surface area contributed by atoms with Gasteiger partial charge in [0, 0.05) is 25.7 Å². The van der Waals surface area contributed by atoms with E-state index >= 15 is 0 Å². The number of amides is 1. The van der Waals surface area contributed by atoms with Gasteiger partial charge in [0.2, 0.25) is 0 Å². The Kier molecular flexibility index (Phi) is 5.56. The van der Waals surface area contributed by atoms with Crippen molar-refractivity contribution >= 4 is 6.09 Å². The number of hydrogen-bond donors (Lipinski definition) is 1. The van der Waals surface area contributed by atoms with Crippen LogP contribution >= 0.6 is 0 Å². The van der Waals surface area contributed by atoms with Crippen LogP contribution in [0.25, 0.3) is 0 Å². The van der Waals surface area contributed by atoms with E-state index in [0.717, 1.165) is 18.4 Å². The predicted octanol–water partition coefficient (Wildman–Crippen LogP) is 2.84. The summed E-state index contributed by atoms with van der Waals surface area (Å²) in [6.45, 7) is 6.05. The summed E-state index contributed by atoms with van der Waals surface area (Å²) in [7, 11) is 0. The molecule has 0 saturated carbocycles. The molecule has 1 fully saturated rings. The number of piperidine rings is 1. The van der Waals surface area contributed by atoms with Crippen molar-refractivity contribution in [2.45, 2.75) is 39.3 Å². The van der Waals surface area contributed by atoms with E-state index in [0.29, 0.717) is 37.8 Å². The molecule has 4 nitrogen and oxygen atoms in total. The molecule has 1 aliphatic rings. The highest BCUT2D eigenvalue weighted by atomic mass is 19.1. The quantitative estimate of drug-likeness (QED) is 0.928. The van der Waals surface area contributed by atoms with Gasteiger partial charge in [-0.3, -0.25) is 0 Å². The third-order valence-electron chi connectivity index (χ3n) is 3.85. The normalized spacial score (nSPS) is 16.0. The Hall–Kier alpha value is -1.62. The monoisotopic (exact) mass is 294 g/mol. The fourth-order valence-corrected chi connectivity index (χ4v) is 2.49. The SMILES string of the molecule is CCOC(=O)N1CCC(NCc2ccc(C)c(F)c2)CC1. The van der Waals surface area contributed by atoms with Crippen molar-refractivity contribution in [1.82, 2.24) is 10.2 Å². The van der Waals surface area contributed by atoms with Crippen molar-refractivity contribution in [3.05, 3.63) is 35.1 Å². The van der Waals surface area contributed by atoms with Crippen molar-refractivity contribution in [3.63, 3.8) is 0 Å². The lowest BCUT2D eigenvalue weighted by atomic mass is 10.0. The highest BCUT2D eigenvalue weighted by Gasteiger charge is 2.23. The first kappa shape index (κ1) is 15.8. The minimum absolute atomic E-state index is 0.161. The largest absolute Gasteiger partial charge is 0.450 e. The number of carbonyl (C=O) groups excluding carboxylic acids is 1. The van der Waals surface area contributed by atoms with E-state index in [4.69, 9.17) is 4.74 Å². The lowest BCUT2D eigenvalue weighted by Crippen LogP contribution is -2.44. The second kappa shape index (κ2) is 7.41. The smallest absolute Gasteiger partial charge is 0.409 e. The molecule has 1 aliphatic heterocycles. The van der Waals surface area contributed by atoms with E-state index in [-0.39, 0.29) is 11.9 Å². The standard InChI is InChI=1S/C16H23FN2O2/c1-3-21-16(20)19-8-6-14(7-9-19)18-11-13-5-4-12(2)15(17)10-13/h4-5,10,14,18H,3,6-9,11H2,1-2H3. The van der Waals surface area contributed by atoms with E-state index in [1.807, 2.05) is 13.0 Å². The predicted molar refractivity (Wildman–Crippen MR) is 79.6 cm³/mol. The van der Waals surface area contributed by atoms with Gasteiger partial charge in [-0.05, 0) is 43.9 Å². The van der Waals surface area contributed by atoms with Crippen LogP contribution in [-0.2, 0) is 11.3 Å². The van der Waals surface area contributed by atoms with E-state index in [2.05, 4.69) is 5.32 Å². The minimum Gasteiger partial charge on any atom is -0.450 e. The highest BCUT2D eigenvalue weighted by Crippen LogP contribution is 2.13. The number of ether oxygens (including phenoxy) is 1. The third kappa shape index (κ3) is 4.43. The molecule has 0 aliphatic carbocycles. The van der Waals surface area contributed by atoms with Crippen LogP contribution in [0.15, 0.2) is 18.2 Å². The van der Waals surface area contributed by atoms with Gasteiger partial charge in [-0.25, -0.2) is 9.18 Å². The fraction of sp³-hybridized carbons (Fsp3) is 0.562. The summed E-state index contributed by atoms with van der Waals surface area (Å²) in [6.07, 6.45) is 1.57. The van der Waals surface area contributed by atoms with Gasteiger partial charge in [0.25, 0.3) is 0 Å². The average molecular weight is 294 g/mol. The maximum Gasteiger partial charge on any atom is 0.409 e. The number of aryl methyl sites for hydroxylation is 1. The van der Waals surface area contributed by atoms with Crippen LogP contribution in [0.1, 0.15) is 30.9 Å². The molecule has 0 aromatic heterocycles. The van der Waals surface area contributed by atoms with Crippen molar-refractivity contribution < 1.29 is 13.9 Å². The highest BCUT2D eigenvalue weighted by molar-refractivity contribution is 5.67. The summed E-state index contributed by atoms with van der Waals surface area (Å²) in [4.78, 5) is 13.3. The Morgan fingerprint density at radius 3 is 2.76 bits per heavy atom. The van der Waals surface area contributed by atoms with Crippen LogP contribution in [0, 0.1) is 12.7 Å². The summed E-state index contributed by atoms with van der Waals surface area (Å²) < 4.78 is 18.5. The number of rotatable bonds is 4. The van der Waals surface area contributed by atoms with E-state index < -0.39 is 0 Å². The molecule has 1 saturated heterocycles. The van der Waals surface area contributed by atoms with Gasteiger partial charge in [0.1, 0.15) is 5.82 Å². The zero-order valence-electron chi connectivity index (χ0n) is 12.7. The van der Waals surface area contributed by atoms with Crippen molar-refractivity contribution in [3.8, 4) is 0 Å². The molecule has 0 bridgehead atoms. The molecule has 2 rings (SSSR count). The molecule has 5 heteroatoms. The minimum atomic E-state index is -0.225. The van der Waals surface area contributed by atoms with Crippen molar-refractivity contribution in [1.29, 1.82) is 0 Å². The van der Waals surface area contributed by atoms with Crippen LogP contribution in [0.4, 0.5) is 9.18 Å². The van der Waals surface area contributed by atoms with Crippen molar-refractivity contribution in [2.75, 3.05) is 19.7 Å². The number of carbonyl (C=O) groups is 1. The molecule has 1 amide bonds. The van der Waals surface area contributed by atoms with Crippen molar-refractivity contribution in [2.24, 2.45) is 0 Å². The number of halogens is 1. The first-order valence-electron chi connectivity index (χ1n) is 7.50. The average Bonchev–Trinajstić information content (AvgIpc) is 2.49. The van der Waals surface area contributed by atoms with Crippen LogP contribution in [-0.4, -0.2) is 36.7 Å². The lowest BCUT2D eigenvalue weighted by molar-refractivity contribution is 0.0950.